The highest BCUT2D eigenvalue weighted by Crippen LogP contribution is 2.38. The first kappa shape index (κ1) is 13.6. The molecule has 100 valence electrons. The van der Waals surface area contributed by atoms with Gasteiger partial charge in [-0.05, 0) is 48.6 Å². The molecule has 1 heteroatoms. The van der Waals surface area contributed by atoms with Crippen LogP contribution in [-0.4, -0.2) is 6.54 Å². The van der Waals surface area contributed by atoms with Crippen LogP contribution in [-0.2, 0) is 0 Å². The van der Waals surface area contributed by atoms with Gasteiger partial charge < -0.3 is 5.73 Å². The highest BCUT2D eigenvalue weighted by molar-refractivity contribution is 5.19. The maximum Gasteiger partial charge on any atom is -0.000813 e. The maximum atomic E-state index is 5.98. The van der Waals surface area contributed by atoms with Gasteiger partial charge in [0.15, 0.2) is 0 Å². The lowest BCUT2D eigenvalue weighted by molar-refractivity contribution is 0.193. The third kappa shape index (κ3) is 3.35. The number of hydrogen-bond acceptors (Lipinski definition) is 1. The Bertz CT molecular complexity index is 346. The van der Waals surface area contributed by atoms with Gasteiger partial charge in [-0.3, -0.25) is 0 Å². The SMILES string of the molecule is CC1CCC(CC(CN)c2ccccc2)CC1C. The predicted molar refractivity (Wildman–Crippen MR) is 78.5 cm³/mol. The molecular weight excluding hydrogens is 218 g/mol. The van der Waals surface area contributed by atoms with Crippen LogP contribution in [0.2, 0.25) is 0 Å². The minimum atomic E-state index is 0.553. The first-order chi connectivity index (χ1) is 8.70. The van der Waals surface area contributed by atoms with Crippen LogP contribution in [0.4, 0.5) is 0 Å². The number of nitrogens with two attached hydrogens (primary N) is 1. The van der Waals surface area contributed by atoms with Crippen molar-refractivity contribution in [2.75, 3.05) is 6.54 Å². The summed E-state index contributed by atoms with van der Waals surface area (Å²) in [6.45, 7) is 5.60. The summed E-state index contributed by atoms with van der Waals surface area (Å²) in [5, 5.41) is 0. The molecule has 0 heterocycles. The van der Waals surface area contributed by atoms with Crippen LogP contribution in [0.3, 0.4) is 0 Å². The molecule has 0 spiro atoms. The summed E-state index contributed by atoms with van der Waals surface area (Å²) in [6.07, 6.45) is 5.47. The third-order valence-corrected chi connectivity index (χ3v) is 4.88. The van der Waals surface area contributed by atoms with Crippen LogP contribution in [0.15, 0.2) is 30.3 Å². The Labute approximate surface area is 112 Å². The summed E-state index contributed by atoms with van der Waals surface area (Å²) >= 11 is 0. The minimum absolute atomic E-state index is 0.553. The molecule has 4 atom stereocenters. The van der Waals surface area contributed by atoms with Crippen molar-refractivity contribution in [3.05, 3.63) is 35.9 Å². The Morgan fingerprint density at radius 3 is 2.44 bits per heavy atom. The lowest BCUT2D eigenvalue weighted by Crippen LogP contribution is -2.24. The fourth-order valence-electron chi connectivity index (χ4n) is 3.37. The van der Waals surface area contributed by atoms with Gasteiger partial charge >= 0.3 is 0 Å². The molecule has 1 nitrogen and oxygen atoms in total. The summed E-state index contributed by atoms with van der Waals surface area (Å²) in [5.74, 6) is 3.23. The van der Waals surface area contributed by atoms with E-state index in [4.69, 9.17) is 5.73 Å². The van der Waals surface area contributed by atoms with E-state index in [2.05, 4.69) is 44.2 Å². The van der Waals surface area contributed by atoms with E-state index < -0.39 is 0 Å². The van der Waals surface area contributed by atoms with Gasteiger partial charge in [-0.25, -0.2) is 0 Å². The molecule has 0 amide bonds. The molecule has 0 bridgehead atoms. The first-order valence-electron chi connectivity index (χ1n) is 7.45. The van der Waals surface area contributed by atoms with Crippen LogP contribution in [0.1, 0.15) is 51.0 Å². The topological polar surface area (TPSA) is 26.0 Å². The third-order valence-electron chi connectivity index (χ3n) is 4.88. The molecule has 2 rings (SSSR count). The Kier molecular flexibility index (Phi) is 4.82. The van der Waals surface area contributed by atoms with Crippen LogP contribution in [0, 0.1) is 17.8 Å². The van der Waals surface area contributed by atoms with E-state index in [9.17, 15) is 0 Å². The van der Waals surface area contributed by atoms with Gasteiger partial charge in [-0.15, -0.1) is 0 Å². The van der Waals surface area contributed by atoms with Gasteiger partial charge in [0, 0.05) is 0 Å². The average Bonchev–Trinajstić information content (AvgIpc) is 2.41. The van der Waals surface area contributed by atoms with E-state index in [1.165, 1.54) is 31.2 Å². The monoisotopic (exact) mass is 245 g/mol. The molecule has 18 heavy (non-hydrogen) atoms. The molecule has 1 aliphatic carbocycles. The van der Waals surface area contributed by atoms with Gasteiger partial charge in [0.2, 0.25) is 0 Å². The van der Waals surface area contributed by atoms with Crippen LogP contribution in [0.5, 0.6) is 0 Å². The molecule has 1 aromatic carbocycles. The predicted octanol–water partition coefficient (Wildman–Crippen LogP) is 4.19. The van der Waals surface area contributed by atoms with E-state index >= 15 is 0 Å². The van der Waals surface area contributed by atoms with E-state index in [0.717, 1.165) is 24.3 Å². The summed E-state index contributed by atoms with van der Waals surface area (Å²) in [4.78, 5) is 0. The van der Waals surface area contributed by atoms with E-state index in [-0.39, 0.29) is 0 Å². The molecule has 1 fully saturated rings. The van der Waals surface area contributed by atoms with Crippen LogP contribution < -0.4 is 5.73 Å². The van der Waals surface area contributed by atoms with E-state index in [0.29, 0.717) is 5.92 Å². The van der Waals surface area contributed by atoms with Crippen molar-refractivity contribution in [2.24, 2.45) is 23.5 Å². The van der Waals surface area contributed by atoms with Crippen molar-refractivity contribution in [3.8, 4) is 0 Å². The summed E-state index contributed by atoms with van der Waals surface area (Å²) < 4.78 is 0. The second kappa shape index (κ2) is 6.38. The Hall–Kier alpha value is -0.820. The highest BCUT2D eigenvalue weighted by atomic mass is 14.5. The summed E-state index contributed by atoms with van der Waals surface area (Å²) in [7, 11) is 0. The van der Waals surface area contributed by atoms with Gasteiger partial charge in [-0.1, -0.05) is 57.0 Å². The van der Waals surface area contributed by atoms with E-state index in [1.807, 2.05) is 0 Å². The zero-order valence-corrected chi connectivity index (χ0v) is 11.8. The van der Waals surface area contributed by atoms with Gasteiger partial charge in [0.1, 0.15) is 0 Å². The molecule has 0 aromatic heterocycles. The fraction of sp³-hybridized carbons (Fsp3) is 0.647. The van der Waals surface area contributed by atoms with Crippen molar-refractivity contribution in [3.63, 3.8) is 0 Å². The van der Waals surface area contributed by atoms with Crippen LogP contribution in [0.25, 0.3) is 0 Å². The number of hydrogen-bond donors (Lipinski definition) is 1. The zero-order chi connectivity index (χ0) is 13.0. The highest BCUT2D eigenvalue weighted by Gasteiger charge is 2.26. The Morgan fingerprint density at radius 1 is 1.11 bits per heavy atom. The second-order valence-corrected chi connectivity index (χ2v) is 6.21. The quantitative estimate of drug-likeness (QED) is 0.845. The molecular formula is C17H27N. The summed E-state index contributed by atoms with van der Waals surface area (Å²) in [5.41, 5.74) is 7.41. The van der Waals surface area contributed by atoms with Crippen molar-refractivity contribution in [2.45, 2.75) is 45.4 Å². The molecule has 2 N–H and O–H groups in total. The summed E-state index contributed by atoms with van der Waals surface area (Å²) in [6, 6.07) is 10.8. The Balaban J connectivity index is 1.95. The van der Waals surface area contributed by atoms with Crippen molar-refractivity contribution < 1.29 is 0 Å². The molecule has 4 unspecified atom stereocenters. The normalized spacial score (nSPS) is 30.1. The molecule has 0 radical (unpaired) electrons. The lowest BCUT2D eigenvalue weighted by Gasteiger charge is -2.34. The Morgan fingerprint density at radius 2 is 1.83 bits per heavy atom. The first-order valence-corrected chi connectivity index (χ1v) is 7.45. The smallest absolute Gasteiger partial charge is 0.000813 e. The lowest BCUT2D eigenvalue weighted by atomic mass is 9.72. The molecule has 1 saturated carbocycles. The fourth-order valence-corrected chi connectivity index (χ4v) is 3.37. The van der Waals surface area contributed by atoms with Crippen molar-refractivity contribution in [1.82, 2.24) is 0 Å². The van der Waals surface area contributed by atoms with Crippen LogP contribution >= 0.6 is 0 Å². The minimum Gasteiger partial charge on any atom is -0.330 e. The second-order valence-electron chi connectivity index (χ2n) is 6.21. The van der Waals surface area contributed by atoms with Crippen molar-refractivity contribution in [1.29, 1.82) is 0 Å². The van der Waals surface area contributed by atoms with E-state index in [1.54, 1.807) is 0 Å². The zero-order valence-electron chi connectivity index (χ0n) is 11.8. The molecule has 1 aromatic rings. The van der Waals surface area contributed by atoms with Gasteiger partial charge in [0.25, 0.3) is 0 Å². The number of rotatable bonds is 4. The number of benzene rings is 1. The standard InChI is InChI=1S/C17H27N/c1-13-8-9-15(10-14(13)2)11-17(12-18)16-6-4-3-5-7-16/h3-7,13-15,17H,8-12,18H2,1-2H3. The van der Waals surface area contributed by atoms with Gasteiger partial charge in [0.05, 0.1) is 0 Å². The van der Waals surface area contributed by atoms with Gasteiger partial charge in [-0.2, -0.15) is 0 Å². The largest absolute Gasteiger partial charge is 0.330 e. The molecule has 1 aliphatic rings. The maximum absolute atomic E-state index is 5.98. The molecule has 0 aliphatic heterocycles. The molecule has 0 saturated heterocycles. The van der Waals surface area contributed by atoms with Crippen molar-refractivity contribution >= 4 is 0 Å². The average molecular weight is 245 g/mol.